The Bertz CT molecular complexity index is 600. The van der Waals surface area contributed by atoms with E-state index in [4.69, 9.17) is 28.9 Å². The molecule has 1 aromatic heterocycles. The third-order valence-corrected chi connectivity index (χ3v) is 4.27. The summed E-state index contributed by atoms with van der Waals surface area (Å²) in [5.74, 6) is 0.607. The first-order chi connectivity index (χ1) is 10.1. The second-order valence-corrected chi connectivity index (χ2v) is 6.05. The summed E-state index contributed by atoms with van der Waals surface area (Å²) in [4.78, 5) is 0. The predicted octanol–water partition coefficient (Wildman–Crippen LogP) is 5.10. The molecular weight excluding hydrogens is 305 g/mol. The van der Waals surface area contributed by atoms with E-state index in [9.17, 15) is 0 Å². The van der Waals surface area contributed by atoms with Gasteiger partial charge in [-0.15, -0.1) is 0 Å². The summed E-state index contributed by atoms with van der Waals surface area (Å²) in [6, 6.07) is 5.49. The normalized spacial score (nSPS) is 11.0. The molecule has 1 heterocycles. The van der Waals surface area contributed by atoms with E-state index in [1.165, 1.54) is 19.3 Å². The number of nitrogens with two attached hydrogens (primary N) is 1. The number of hydrogen-bond acceptors (Lipinski definition) is 2. The number of rotatable bonds is 6. The van der Waals surface area contributed by atoms with Gasteiger partial charge in [0.25, 0.3) is 0 Å². The Morgan fingerprint density at radius 2 is 1.76 bits per heavy atom. The highest BCUT2D eigenvalue weighted by atomic mass is 35.5. The van der Waals surface area contributed by atoms with Crippen molar-refractivity contribution in [2.75, 3.05) is 5.73 Å². The quantitative estimate of drug-likeness (QED) is 0.751. The second-order valence-electron chi connectivity index (χ2n) is 5.24. The molecule has 0 aliphatic heterocycles. The van der Waals surface area contributed by atoms with Crippen LogP contribution in [0.15, 0.2) is 18.2 Å². The number of benzene rings is 1. The SMILES string of the molecule is CCCCCCc1nn(C)c(N)c1-c1c(Cl)cccc1Cl. The number of anilines is 1. The Labute approximate surface area is 136 Å². The van der Waals surface area contributed by atoms with Crippen molar-refractivity contribution in [2.24, 2.45) is 7.05 Å². The third-order valence-electron chi connectivity index (χ3n) is 3.64. The van der Waals surface area contributed by atoms with E-state index in [0.29, 0.717) is 15.9 Å². The van der Waals surface area contributed by atoms with Gasteiger partial charge in [0, 0.05) is 18.2 Å². The minimum Gasteiger partial charge on any atom is -0.383 e. The molecule has 0 spiro atoms. The lowest BCUT2D eigenvalue weighted by Crippen LogP contribution is -1.98. The molecule has 2 rings (SSSR count). The van der Waals surface area contributed by atoms with Gasteiger partial charge in [-0.1, -0.05) is 55.5 Å². The van der Waals surface area contributed by atoms with Crippen LogP contribution in [0.2, 0.25) is 10.0 Å². The topological polar surface area (TPSA) is 43.8 Å². The molecule has 3 nitrogen and oxygen atoms in total. The van der Waals surface area contributed by atoms with Crippen molar-refractivity contribution in [2.45, 2.75) is 39.0 Å². The maximum absolute atomic E-state index is 6.32. The standard InChI is InChI=1S/C16H21Cl2N3/c1-3-4-5-6-10-13-15(16(19)21(2)20-13)14-11(17)8-7-9-12(14)18/h7-9H,3-6,10,19H2,1-2H3. The summed E-state index contributed by atoms with van der Waals surface area (Å²) >= 11 is 12.6. The summed E-state index contributed by atoms with van der Waals surface area (Å²) in [5, 5.41) is 5.76. The Kier molecular flexibility index (Phi) is 5.54. The molecule has 5 heteroatoms. The number of hydrogen-bond donors (Lipinski definition) is 1. The van der Waals surface area contributed by atoms with Gasteiger partial charge < -0.3 is 5.73 Å². The average Bonchev–Trinajstić information content (AvgIpc) is 2.71. The molecule has 0 aliphatic carbocycles. The van der Waals surface area contributed by atoms with Crippen LogP contribution in [0.4, 0.5) is 5.82 Å². The fourth-order valence-electron chi connectivity index (χ4n) is 2.50. The highest BCUT2D eigenvalue weighted by Gasteiger charge is 2.20. The molecule has 0 aliphatic rings. The van der Waals surface area contributed by atoms with Crippen LogP contribution < -0.4 is 5.73 Å². The van der Waals surface area contributed by atoms with Crippen LogP contribution in [-0.4, -0.2) is 9.78 Å². The van der Waals surface area contributed by atoms with E-state index in [2.05, 4.69) is 12.0 Å². The smallest absolute Gasteiger partial charge is 0.129 e. The molecule has 1 aromatic carbocycles. The molecule has 0 radical (unpaired) electrons. The fourth-order valence-corrected chi connectivity index (χ4v) is 3.08. The summed E-state index contributed by atoms with van der Waals surface area (Å²) in [7, 11) is 1.85. The molecule has 0 bridgehead atoms. The highest BCUT2D eigenvalue weighted by molar-refractivity contribution is 6.39. The highest BCUT2D eigenvalue weighted by Crippen LogP contribution is 2.39. The van der Waals surface area contributed by atoms with Gasteiger partial charge in [-0.3, -0.25) is 4.68 Å². The summed E-state index contributed by atoms with van der Waals surface area (Å²) < 4.78 is 1.70. The van der Waals surface area contributed by atoms with Crippen LogP contribution in [0.3, 0.4) is 0 Å². The Morgan fingerprint density at radius 3 is 2.38 bits per heavy atom. The average molecular weight is 326 g/mol. The first kappa shape index (κ1) is 16.2. The van der Waals surface area contributed by atoms with E-state index in [0.717, 1.165) is 29.7 Å². The molecule has 2 aromatic rings. The van der Waals surface area contributed by atoms with Gasteiger partial charge in [0.05, 0.1) is 15.7 Å². The van der Waals surface area contributed by atoms with Gasteiger partial charge in [-0.2, -0.15) is 5.10 Å². The Morgan fingerprint density at radius 1 is 1.10 bits per heavy atom. The molecule has 21 heavy (non-hydrogen) atoms. The van der Waals surface area contributed by atoms with Crippen LogP contribution >= 0.6 is 23.2 Å². The van der Waals surface area contributed by atoms with Gasteiger partial charge >= 0.3 is 0 Å². The maximum Gasteiger partial charge on any atom is 0.129 e. The van der Waals surface area contributed by atoms with Crippen molar-refractivity contribution in [1.29, 1.82) is 0 Å². The lowest BCUT2D eigenvalue weighted by atomic mass is 10.0. The lowest BCUT2D eigenvalue weighted by molar-refractivity contribution is 0.651. The van der Waals surface area contributed by atoms with E-state index in [1.54, 1.807) is 4.68 Å². The molecule has 0 saturated heterocycles. The van der Waals surface area contributed by atoms with E-state index < -0.39 is 0 Å². The van der Waals surface area contributed by atoms with Gasteiger partial charge in [0.1, 0.15) is 5.82 Å². The summed E-state index contributed by atoms with van der Waals surface area (Å²) in [5.41, 5.74) is 8.83. The van der Waals surface area contributed by atoms with Crippen molar-refractivity contribution in [3.63, 3.8) is 0 Å². The summed E-state index contributed by atoms with van der Waals surface area (Å²) in [6.07, 6.45) is 5.64. The number of aromatic nitrogens is 2. The predicted molar refractivity (Wildman–Crippen MR) is 90.9 cm³/mol. The molecule has 114 valence electrons. The molecule has 0 fully saturated rings. The number of unbranched alkanes of at least 4 members (excludes halogenated alkanes) is 3. The van der Waals surface area contributed by atoms with Gasteiger partial charge in [0.15, 0.2) is 0 Å². The first-order valence-corrected chi connectivity index (χ1v) is 8.07. The third kappa shape index (κ3) is 3.53. The maximum atomic E-state index is 6.32. The van der Waals surface area contributed by atoms with Gasteiger partial charge in [0.2, 0.25) is 0 Å². The van der Waals surface area contributed by atoms with Crippen molar-refractivity contribution >= 4 is 29.0 Å². The van der Waals surface area contributed by atoms with Crippen LogP contribution in [0.1, 0.15) is 38.3 Å². The zero-order valence-corrected chi connectivity index (χ0v) is 14.0. The van der Waals surface area contributed by atoms with Crippen LogP contribution in [-0.2, 0) is 13.5 Å². The number of halogens is 2. The molecular formula is C16H21Cl2N3. The van der Waals surface area contributed by atoms with Crippen molar-refractivity contribution < 1.29 is 0 Å². The molecule has 0 atom stereocenters. The zero-order valence-electron chi connectivity index (χ0n) is 12.5. The minimum absolute atomic E-state index is 0.607. The molecule has 0 amide bonds. The van der Waals surface area contributed by atoms with Crippen LogP contribution in [0.25, 0.3) is 11.1 Å². The lowest BCUT2D eigenvalue weighted by Gasteiger charge is -2.08. The number of nitrogens with zero attached hydrogens (tertiary/aromatic N) is 2. The Balaban J connectivity index is 2.38. The zero-order chi connectivity index (χ0) is 15.4. The van der Waals surface area contributed by atoms with E-state index in [-0.39, 0.29) is 0 Å². The molecule has 0 saturated carbocycles. The van der Waals surface area contributed by atoms with Crippen molar-refractivity contribution in [3.8, 4) is 11.1 Å². The molecule has 2 N–H and O–H groups in total. The largest absolute Gasteiger partial charge is 0.383 e. The van der Waals surface area contributed by atoms with Gasteiger partial charge in [-0.25, -0.2) is 0 Å². The monoisotopic (exact) mass is 325 g/mol. The second kappa shape index (κ2) is 7.19. The Hall–Kier alpha value is -1.19. The summed E-state index contributed by atoms with van der Waals surface area (Å²) in [6.45, 7) is 2.20. The first-order valence-electron chi connectivity index (χ1n) is 7.32. The molecule has 0 unspecified atom stereocenters. The number of aryl methyl sites for hydroxylation is 2. The van der Waals surface area contributed by atoms with Crippen LogP contribution in [0.5, 0.6) is 0 Å². The van der Waals surface area contributed by atoms with E-state index in [1.807, 2.05) is 25.2 Å². The van der Waals surface area contributed by atoms with Crippen molar-refractivity contribution in [1.82, 2.24) is 9.78 Å². The fraction of sp³-hybridized carbons (Fsp3) is 0.438. The van der Waals surface area contributed by atoms with E-state index >= 15 is 0 Å². The number of nitrogen functional groups attached to an aromatic ring is 1. The van der Waals surface area contributed by atoms with Crippen LogP contribution in [0, 0.1) is 0 Å². The minimum atomic E-state index is 0.607. The van der Waals surface area contributed by atoms with Crippen molar-refractivity contribution in [3.05, 3.63) is 33.9 Å². The van der Waals surface area contributed by atoms with Gasteiger partial charge in [-0.05, 0) is 25.0 Å².